The Morgan fingerprint density at radius 1 is 1.21 bits per heavy atom. The molecule has 9 heteroatoms. The van der Waals surface area contributed by atoms with Crippen LogP contribution in [0.15, 0.2) is 29.3 Å². The summed E-state index contributed by atoms with van der Waals surface area (Å²) in [4.78, 5) is 37.6. The molecule has 1 N–H and O–H groups in total. The van der Waals surface area contributed by atoms with Gasteiger partial charge in [0.2, 0.25) is 0 Å². The first-order valence-electron chi connectivity index (χ1n) is 10.1. The van der Waals surface area contributed by atoms with Gasteiger partial charge in [-0.1, -0.05) is 30.7 Å². The summed E-state index contributed by atoms with van der Waals surface area (Å²) in [5.41, 5.74) is 1.21. The monoisotopic (exact) mass is 418 g/mol. The molecule has 0 aromatic heterocycles. The number of nitrogens with one attached hydrogen (secondary N) is 1. The number of carbonyl (C=O) groups is 2. The summed E-state index contributed by atoms with van der Waals surface area (Å²) in [5, 5.41) is 3.21. The summed E-state index contributed by atoms with van der Waals surface area (Å²) < 4.78 is 0. The smallest absolute Gasteiger partial charge is 0.325 e. The summed E-state index contributed by atoms with van der Waals surface area (Å²) >= 11 is 6.10. The maximum absolute atomic E-state index is 12.5. The lowest BCUT2D eigenvalue weighted by atomic mass is 10.1. The van der Waals surface area contributed by atoms with Crippen molar-refractivity contribution in [1.82, 2.24) is 24.9 Å². The fourth-order valence-corrected chi connectivity index (χ4v) is 4.47. The maximum atomic E-state index is 12.5. The van der Waals surface area contributed by atoms with Gasteiger partial charge < -0.3 is 14.7 Å². The van der Waals surface area contributed by atoms with Gasteiger partial charge in [0.25, 0.3) is 5.91 Å². The highest BCUT2D eigenvalue weighted by Gasteiger charge is 2.49. The molecule has 0 bridgehead atoms. The Bertz CT molecular complexity index is 823. The Morgan fingerprint density at radius 2 is 1.97 bits per heavy atom. The number of imide groups is 1. The van der Waals surface area contributed by atoms with Gasteiger partial charge in [-0.25, -0.2) is 9.79 Å². The van der Waals surface area contributed by atoms with Crippen LogP contribution in [0, 0.1) is 0 Å². The van der Waals surface area contributed by atoms with Crippen molar-refractivity contribution < 1.29 is 9.59 Å². The average molecular weight is 419 g/mol. The number of halogens is 1. The van der Waals surface area contributed by atoms with Crippen LogP contribution in [-0.4, -0.2) is 89.5 Å². The third kappa shape index (κ3) is 3.91. The van der Waals surface area contributed by atoms with Gasteiger partial charge in [-0.2, -0.15) is 0 Å². The van der Waals surface area contributed by atoms with E-state index in [4.69, 9.17) is 16.6 Å². The first-order chi connectivity index (χ1) is 14.0. The van der Waals surface area contributed by atoms with E-state index in [9.17, 15) is 9.59 Å². The van der Waals surface area contributed by atoms with Crippen molar-refractivity contribution in [3.63, 3.8) is 0 Å². The van der Waals surface area contributed by atoms with E-state index in [0.29, 0.717) is 0 Å². The zero-order chi connectivity index (χ0) is 20.5. The van der Waals surface area contributed by atoms with E-state index in [0.717, 1.165) is 56.7 Å². The molecular weight excluding hydrogens is 392 g/mol. The van der Waals surface area contributed by atoms with Crippen LogP contribution in [0.4, 0.5) is 4.79 Å². The zero-order valence-corrected chi connectivity index (χ0v) is 17.6. The van der Waals surface area contributed by atoms with Crippen LogP contribution in [0.1, 0.15) is 18.9 Å². The van der Waals surface area contributed by atoms with Crippen LogP contribution in [-0.2, 0) is 11.3 Å². The van der Waals surface area contributed by atoms with Crippen molar-refractivity contribution in [2.75, 3.05) is 39.8 Å². The van der Waals surface area contributed by atoms with E-state index in [1.807, 2.05) is 18.2 Å². The molecule has 3 amide bonds. The molecule has 3 aliphatic heterocycles. The molecule has 1 aromatic carbocycles. The summed E-state index contributed by atoms with van der Waals surface area (Å²) in [5.74, 6) is 0.575. The molecule has 0 radical (unpaired) electrons. The number of hydrogen-bond acceptors (Lipinski definition) is 6. The molecule has 3 aliphatic rings. The second-order valence-electron chi connectivity index (χ2n) is 7.78. The molecule has 2 unspecified atom stereocenters. The molecule has 156 valence electrons. The molecule has 0 aliphatic carbocycles. The van der Waals surface area contributed by atoms with Crippen LogP contribution in [0.5, 0.6) is 0 Å². The van der Waals surface area contributed by atoms with Gasteiger partial charge in [0, 0.05) is 51.3 Å². The Kier molecular flexibility index (Phi) is 5.65. The minimum atomic E-state index is -0.456. The standard InChI is InChI=1S/C20H27ClN6O2/c1-3-7-27-16-17(24(2)20(29)23-18(16)28)22-19(27)26-10-8-25(9-11-26)13-14-5-4-6-15(21)12-14/h4-6,12,16-17H,3,7-11,13H2,1-2H3,(H,23,28,29). The third-order valence-electron chi connectivity index (χ3n) is 5.75. The normalized spacial score (nSPS) is 25.2. The quantitative estimate of drug-likeness (QED) is 0.800. The lowest BCUT2D eigenvalue weighted by Gasteiger charge is -2.40. The molecule has 8 nitrogen and oxygen atoms in total. The number of likely N-dealkylation sites (N-methyl/N-ethyl adjacent to an activating group) is 1. The molecule has 0 spiro atoms. The number of hydrogen-bond donors (Lipinski definition) is 1. The zero-order valence-electron chi connectivity index (χ0n) is 16.8. The van der Waals surface area contributed by atoms with Crippen LogP contribution >= 0.6 is 11.6 Å². The van der Waals surface area contributed by atoms with E-state index in [1.165, 1.54) is 10.5 Å². The Hall–Kier alpha value is -2.32. The summed E-state index contributed by atoms with van der Waals surface area (Å²) in [7, 11) is 1.69. The number of rotatable bonds is 4. The summed E-state index contributed by atoms with van der Waals surface area (Å²) in [6, 6.07) is 7.14. The van der Waals surface area contributed by atoms with Crippen LogP contribution in [0.3, 0.4) is 0 Å². The topological polar surface area (TPSA) is 71.5 Å². The van der Waals surface area contributed by atoms with Gasteiger partial charge in [0.1, 0.15) is 0 Å². The second-order valence-corrected chi connectivity index (χ2v) is 8.22. The van der Waals surface area contributed by atoms with Gasteiger partial charge in [0.15, 0.2) is 18.2 Å². The summed E-state index contributed by atoms with van der Waals surface area (Å²) in [6.45, 7) is 7.16. The van der Waals surface area contributed by atoms with Crippen molar-refractivity contribution in [3.05, 3.63) is 34.9 Å². The van der Waals surface area contributed by atoms with Gasteiger partial charge in [-0.15, -0.1) is 0 Å². The Labute approximate surface area is 176 Å². The van der Waals surface area contributed by atoms with Crippen molar-refractivity contribution in [1.29, 1.82) is 0 Å². The van der Waals surface area contributed by atoms with Crippen molar-refractivity contribution in [2.24, 2.45) is 4.99 Å². The van der Waals surface area contributed by atoms with Crippen molar-refractivity contribution in [3.8, 4) is 0 Å². The SMILES string of the molecule is CCCN1C(N2CCN(Cc3cccc(Cl)c3)CC2)=NC2C1C(=O)NC(=O)N2C. The number of guanidine groups is 1. The molecule has 1 aromatic rings. The van der Waals surface area contributed by atoms with Crippen LogP contribution in [0.25, 0.3) is 0 Å². The number of fused-ring (bicyclic) bond motifs is 1. The number of amides is 3. The van der Waals surface area contributed by atoms with Gasteiger partial charge in [-0.05, 0) is 24.1 Å². The minimum Gasteiger partial charge on any atom is -0.340 e. The largest absolute Gasteiger partial charge is 0.340 e. The number of nitrogens with zero attached hydrogens (tertiary/aromatic N) is 5. The fraction of sp³-hybridized carbons (Fsp3) is 0.550. The van der Waals surface area contributed by atoms with E-state index in [-0.39, 0.29) is 11.9 Å². The Morgan fingerprint density at radius 3 is 2.66 bits per heavy atom. The average Bonchev–Trinajstić information content (AvgIpc) is 3.07. The lowest BCUT2D eigenvalue weighted by molar-refractivity contribution is -0.127. The van der Waals surface area contributed by atoms with Gasteiger partial charge in [0.05, 0.1) is 0 Å². The number of piperazine rings is 1. The molecule has 2 fully saturated rings. The van der Waals surface area contributed by atoms with E-state index in [1.54, 1.807) is 7.05 Å². The van der Waals surface area contributed by atoms with E-state index >= 15 is 0 Å². The Balaban J connectivity index is 1.45. The highest BCUT2D eigenvalue weighted by atomic mass is 35.5. The first-order valence-corrected chi connectivity index (χ1v) is 10.5. The fourth-order valence-electron chi connectivity index (χ4n) is 4.25. The van der Waals surface area contributed by atoms with E-state index in [2.05, 4.69) is 33.0 Å². The minimum absolute atomic E-state index is 0.259. The number of carbonyl (C=O) groups excluding carboxylic acids is 2. The van der Waals surface area contributed by atoms with Crippen LogP contribution in [0.2, 0.25) is 5.02 Å². The van der Waals surface area contributed by atoms with Crippen molar-refractivity contribution in [2.45, 2.75) is 32.1 Å². The predicted octanol–water partition coefficient (Wildman–Crippen LogP) is 1.42. The van der Waals surface area contributed by atoms with E-state index < -0.39 is 12.2 Å². The third-order valence-corrected chi connectivity index (χ3v) is 5.99. The summed E-state index contributed by atoms with van der Waals surface area (Å²) in [6.07, 6.45) is 0.448. The highest BCUT2D eigenvalue weighted by Crippen LogP contribution is 2.26. The van der Waals surface area contributed by atoms with Gasteiger partial charge in [-0.3, -0.25) is 15.0 Å². The second kappa shape index (κ2) is 8.20. The first kappa shape index (κ1) is 20.0. The van der Waals surface area contributed by atoms with Crippen LogP contribution < -0.4 is 5.32 Å². The molecular formula is C20H27ClN6O2. The number of aliphatic imine (C=N–C) groups is 1. The van der Waals surface area contributed by atoms with Gasteiger partial charge >= 0.3 is 6.03 Å². The number of benzene rings is 1. The molecule has 3 heterocycles. The molecule has 4 rings (SSSR count). The number of urea groups is 1. The maximum Gasteiger partial charge on any atom is 0.325 e. The molecule has 2 atom stereocenters. The molecule has 29 heavy (non-hydrogen) atoms. The molecule has 2 saturated heterocycles. The highest BCUT2D eigenvalue weighted by molar-refractivity contribution is 6.30. The molecule has 0 saturated carbocycles. The predicted molar refractivity (Wildman–Crippen MR) is 112 cm³/mol. The lowest BCUT2D eigenvalue weighted by Crippen LogP contribution is -2.64. The van der Waals surface area contributed by atoms with Crippen molar-refractivity contribution >= 4 is 29.5 Å².